The van der Waals surface area contributed by atoms with Crippen molar-refractivity contribution in [2.45, 2.75) is 78.7 Å². The molecule has 0 heterocycles. The van der Waals surface area contributed by atoms with Crippen LogP contribution in [0.2, 0.25) is 0 Å². The summed E-state index contributed by atoms with van der Waals surface area (Å²) in [6.45, 7) is 9.69. The molecule has 0 aromatic rings. The number of rotatable bonds is 3. The van der Waals surface area contributed by atoms with Crippen LogP contribution in [-0.2, 0) is 4.79 Å². The van der Waals surface area contributed by atoms with E-state index in [2.05, 4.69) is 33.8 Å². The molecule has 0 amide bonds. The highest BCUT2D eigenvalue weighted by molar-refractivity contribution is 5.93. The molecule has 2 nitrogen and oxygen atoms in total. The molecule has 0 aromatic heterocycles. The zero-order valence-corrected chi connectivity index (χ0v) is 15.2. The number of aliphatic hydroxyl groups excluding tert-OH is 1. The standard InChI is InChI=1S/C21H32O2/c1-14-6-9-19-20(2,3)10-5-11-21(19,4)17(14)8-7-15-12-16(22)13-18(15)23/h6,12,17-19,23H,5,7-11,13H2,1-4H3/t17-,18-,19-,21+/m1/s1. The largest absolute Gasteiger partial charge is 0.388 e. The molecule has 3 rings (SSSR count). The van der Waals surface area contributed by atoms with E-state index in [1.165, 1.54) is 31.3 Å². The van der Waals surface area contributed by atoms with Crippen LogP contribution in [0.4, 0.5) is 0 Å². The number of aliphatic hydroxyl groups is 1. The Labute approximate surface area is 141 Å². The summed E-state index contributed by atoms with van der Waals surface area (Å²) < 4.78 is 0. The van der Waals surface area contributed by atoms with Crippen molar-refractivity contribution in [1.29, 1.82) is 0 Å². The molecular formula is C21H32O2. The highest BCUT2D eigenvalue weighted by atomic mass is 16.3. The van der Waals surface area contributed by atoms with E-state index < -0.39 is 6.10 Å². The molecule has 3 aliphatic carbocycles. The van der Waals surface area contributed by atoms with Gasteiger partial charge in [-0.15, -0.1) is 0 Å². The van der Waals surface area contributed by atoms with Crippen molar-refractivity contribution >= 4 is 5.78 Å². The molecule has 23 heavy (non-hydrogen) atoms. The maximum Gasteiger partial charge on any atom is 0.158 e. The zero-order valence-electron chi connectivity index (χ0n) is 15.2. The van der Waals surface area contributed by atoms with Crippen LogP contribution in [0.25, 0.3) is 0 Å². The smallest absolute Gasteiger partial charge is 0.158 e. The lowest BCUT2D eigenvalue weighted by Gasteiger charge is -2.57. The fourth-order valence-corrected chi connectivity index (χ4v) is 5.93. The summed E-state index contributed by atoms with van der Waals surface area (Å²) in [6, 6.07) is 0. The van der Waals surface area contributed by atoms with Gasteiger partial charge in [0.1, 0.15) is 0 Å². The van der Waals surface area contributed by atoms with Crippen LogP contribution in [0.15, 0.2) is 23.3 Å². The summed E-state index contributed by atoms with van der Waals surface area (Å²) in [7, 11) is 0. The van der Waals surface area contributed by atoms with E-state index in [-0.39, 0.29) is 5.78 Å². The second-order valence-corrected chi connectivity index (χ2v) is 9.08. The molecular weight excluding hydrogens is 284 g/mol. The molecule has 3 aliphatic rings. The Balaban J connectivity index is 1.80. The molecule has 0 bridgehead atoms. The molecule has 0 saturated heterocycles. The number of carbonyl (C=O) groups excluding carboxylic acids is 1. The predicted octanol–water partition coefficient (Wildman–Crippen LogP) is 4.83. The highest BCUT2D eigenvalue weighted by Gasteiger charge is 2.51. The first-order valence-corrected chi connectivity index (χ1v) is 9.32. The maximum absolute atomic E-state index is 11.5. The molecule has 0 spiro atoms. The van der Waals surface area contributed by atoms with E-state index in [1.54, 1.807) is 6.08 Å². The number of ketones is 1. The summed E-state index contributed by atoms with van der Waals surface area (Å²) in [5.74, 6) is 1.43. The average Bonchev–Trinajstić information content (AvgIpc) is 2.75. The third-order valence-electron chi connectivity index (χ3n) is 7.19. The van der Waals surface area contributed by atoms with Crippen LogP contribution in [0.5, 0.6) is 0 Å². The summed E-state index contributed by atoms with van der Waals surface area (Å²) in [4.78, 5) is 11.5. The van der Waals surface area contributed by atoms with Gasteiger partial charge in [0.05, 0.1) is 6.10 Å². The molecule has 128 valence electrons. The van der Waals surface area contributed by atoms with Crippen molar-refractivity contribution < 1.29 is 9.90 Å². The van der Waals surface area contributed by atoms with E-state index in [1.807, 2.05) is 0 Å². The van der Waals surface area contributed by atoms with E-state index in [4.69, 9.17) is 0 Å². The minimum Gasteiger partial charge on any atom is -0.388 e. The van der Waals surface area contributed by atoms with Gasteiger partial charge in [-0.2, -0.15) is 0 Å². The number of allylic oxidation sites excluding steroid dienone is 3. The van der Waals surface area contributed by atoms with Gasteiger partial charge in [0.25, 0.3) is 0 Å². The van der Waals surface area contributed by atoms with Gasteiger partial charge >= 0.3 is 0 Å². The molecule has 0 aromatic carbocycles. The Morgan fingerprint density at radius 1 is 1.26 bits per heavy atom. The third kappa shape index (κ3) is 2.95. The topological polar surface area (TPSA) is 37.3 Å². The van der Waals surface area contributed by atoms with Crippen LogP contribution in [0, 0.1) is 22.7 Å². The molecule has 1 N–H and O–H groups in total. The van der Waals surface area contributed by atoms with Gasteiger partial charge in [0, 0.05) is 6.42 Å². The first-order valence-electron chi connectivity index (χ1n) is 9.32. The lowest BCUT2D eigenvalue weighted by Crippen LogP contribution is -2.48. The summed E-state index contributed by atoms with van der Waals surface area (Å²) >= 11 is 0. The van der Waals surface area contributed by atoms with Crippen LogP contribution < -0.4 is 0 Å². The third-order valence-corrected chi connectivity index (χ3v) is 7.19. The van der Waals surface area contributed by atoms with Crippen LogP contribution in [0.3, 0.4) is 0 Å². The van der Waals surface area contributed by atoms with Crippen molar-refractivity contribution in [1.82, 2.24) is 0 Å². The maximum atomic E-state index is 11.5. The Morgan fingerprint density at radius 3 is 2.65 bits per heavy atom. The van der Waals surface area contributed by atoms with Gasteiger partial charge in [0.15, 0.2) is 5.78 Å². The Bertz CT molecular complexity index is 554. The van der Waals surface area contributed by atoms with Crippen molar-refractivity contribution in [3.63, 3.8) is 0 Å². The minimum absolute atomic E-state index is 0.0892. The van der Waals surface area contributed by atoms with Crippen molar-refractivity contribution in [2.24, 2.45) is 22.7 Å². The van der Waals surface area contributed by atoms with Crippen molar-refractivity contribution in [2.75, 3.05) is 0 Å². The Morgan fingerprint density at radius 2 is 2.00 bits per heavy atom. The van der Waals surface area contributed by atoms with Crippen molar-refractivity contribution in [3.8, 4) is 0 Å². The Hall–Kier alpha value is -0.890. The predicted molar refractivity (Wildman–Crippen MR) is 94.0 cm³/mol. The van der Waals surface area contributed by atoms with Gasteiger partial charge in [-0.1, -0.05) is 38.8 Å². The van der Waals surface area contributed by atoms with Crippen LogP contribution in [-0.4, -0.2) is 17.0 Å². The SMILES string of the molecule is CC1=CC[C@@H]2C(C)(C)CCC[C@@]2(C)[C@@H]1CCC1=CC(=O)C[C@H]1O. The fourth-order valence-electron chi connectivity index (χ4n) is 5.93. The van der Waals surface area contributed by atoms with Gasteiger partial charge in [-0.3, -0.25) is 4.79 Å². The molecule has 1 saturated carbocycles. The van der Waals surface area contributed by atoms with Crippen molar-refractivity contribution in [3.05, 3.63) is 23.3 Å². The first kappa shape index (κ1) is 17.0. The lowest BCUT2D eigenvalue weighted by atomic mass is 9.48. The lowest BCUT2D eigenvalue weighted by molar-refractivity contribution is -0.115. The minimum atomic E-state index is -0.526. The average molecular weight is 316 g/mol. The molecule has 2 heteroatoms. The molecule has 0 aliphatic heterocycles. The Kier molecular flexibility index (Phi) is 4.33. The van der Waals surface area contributed by atoms with Gasteiger partial charge in [-0.05, 0) is 73.3 Å². The van der Waals surface area contributed by atoms with Crippen LogP contribution in [0.1, 0.15) is 72.6 Å². The highest BCUT2D eigenvalue weighted by Crippen LogP contribution is 2.60. The second kappa shape index (κ2) is 5.88. The van der Waals surface area contributed by atoms with Gasteiger partial charge < -0.3 is 5.11 Å². The molecule has 1 fully saturated rings. The monoisotopic (exact) mass is 316 g/mol. The van der Waals surface area contributed by atoms with E-state index in [0.29, 0.717) is 23.2 Å². The molecule has 0 radical (unpaired) electrons. The normalized spacial score (nSPS) is 39.7. The first-order chi connectivity index (χ1) is 10.7. The van der Waals surface area contributed by atoms with Crippen LogP contribution >= 0.6 is 0 Å². The number of hydrogen-bond donors (Lipinski definition) is 1. The number of fused-ring (bicyclic) bond motifs is 1. The number of carbonyl (C=O) groups is 1. The number of hydrogen-bond acceptors (Lipinski definition) is 2. The summed E-state index contributed by atoms with van der Waals surface area (Å²) in [5, 5.41) is 10.0. The van der Waals surface area contributed by atoms with Gasteiger partial charge in [-0.25, -0.2) is 0 Å². The quantitative estimate of drug-likeness (QED) is 0.758. The second-order valence-electron chi connectivity index (χ2n) is 9.08. The summed E-state index contributed by atoms with van der Waals surface area (Å²) in [6.07, 6.45) is 11.1. The molecule has 4 atom stereocenters. The van der Waals surface area contributed by atoms with E-state index >= 15 is 0 Å². The zero-order chi connectivity index (χ0) is 16.8. The van der Waals surface area contributed by atoms with Gasteiger partial charge in [0.2, 0.25) is 0 Å². The van der Waals surface area contributed by atoms with E-state index in [9.17, 15) is 9.90 Å². The fraction of sp³-hybridized carbons (Fsp3) is 0.762. The van der Waals surface area contributed by atoms with E-state index in [0.717, 1.165) is 24.3 Å². The summed E-state index contributed by atoms with van der Waals surface area (Å²) in [5.41, 5.74) is 3.28. The molecule has 0 unspecified atom stereocenters.